The molecule has 1 aliphatic rings. The molecular formula is C17H36N2O2. The highest BCUT2D eigenvalue weighted by molar-refractivity contribution is 4.70. The van der Waals surface area contributed by atoms with Crippen LogP contribution >= 0.6 is 0 Å². The van der Waals surface area contributed by atoms with Gasteiger partial charge < -0.3 is 20.1 Å². The lowest BCUT2D eigenvalue weighted by molar-refractivity contribution is -0.00617. The van der Waals surface area contributed by atoms with Crippen LogP contribution in [0.3, 0.4) is 0 Å². The van der Waals surface area contributed by atoms with Crippen molar-refractivity contribution in [1.29, 1.82) is 0 Å². The second-order valence-corrected chi connectivity index (χ2v) is 6.37. The fraction of sp³-hybridized carbons (Fsp3) is 1.00. The second kappa shape index (κ2) is 11.4. The van der Waals surface area contributed by atoms with E-state index in [1.165, 1.54) is 38.6 Å². The Labute approximate surface area is 131 Å². The molecule has 0 heterocycles. The van der Waals surface area contributed by atoms with Crippen LogP contribution in [0.2, 0.25) is 0 Å². The van der Waals surface area contributed by atoms with Gasteiger partial charge in [0.25, 0.3) is 0 Å². The quantitative estimate of drug-likeness (QED) is 0.581. The van der Waals surface area contributed by atoms with Gasteiger partial charge >= 0.3 is 0 Å². The number of ether oxygens (including phenoxy) is 1. The van der Waals surface area contributed by atoms with E-state index in [4.69, 9.17) is 4.74 Å². The van der Waals surface area contributed by atoms with Gasteiger partial charge in [0.15, 0.2) is 0 Å². The van der Waals surface area contributed by atoms with Crippen molar-refractivity contribution in [2.75, 3.05) is 32.8 Å². The Bertz CT molecular complexity index is 241. The van der Waals surface area contributed by atoms with Gasteiger partial charge in [0.05, 0.1) is 18.8 Å². The first kappa shape index (κ1) is 18.9. The van der Waals surface area contributed by atoms with Crippen LogP contribution in [-0.2, 0) is 4.74 Å². The molecule has 1 rings (SSSR count). The third-order valence-electron chi connectivity index (χ3n) is 4.53. The third-order valence-corrected chi connectivity index (χ3v) is 4.53. The number of aliphatic hydroxyl groups excluding tert-OH is 1. The van der Waals surface area contributed by atoms with Crippen LogP contribution in [0.4, 0.5) is 0 Å². The smallest absolute Gasteiger partial charge is 0.0897 e. The van der Waals surface area contributed by atoms with Gasteiger partial charge in [-0.15, -0.1) is 0 Å². The van der Waals surface area contributed by atoms with Crippen molar-refractivity contribution >= 4 is 0 Å². The molecule has 0 radical (unpaired) electrons. The van der Waals surface area contributed by atoms with Crippen LogP contribution in [0.25, 0.3) is 0 Å². The Kier molecular flexibility index (Phi) is 10.3. The molecule has 0 amide bonds. The molecule has 2 unspecified atom stereocenters. The molecule has 1 fully saturated rings. The van der Waals surface area contributed by atoms with Gasteiger partial charge in [0.2, 0.25) is 0 Å². The first-order valence-electron chi connectivity index (χ1n) is 8.91. The van der Waals surface area contributed by atoms with Crippen molar-refractivity contribution in [3.63, 3.8) is 0 Å². The minimum Gasteiger partial charge on any atom is -0.389 e. The summed E-state index contributed by atoms with van der Waals surface area (Å²) in [5, 5.41) is 13.4. The predicted octanol–water partition coefficient (Wildman–Crippen LogP) is 2.41. The maximum atomic E-state index is 9.95. The lowest BCUT2D eigenvalue weighted by Gasteiger charge is -2.21. The molecule has 0 aromatic rings. The number of nitrogens with zero attached hydrogens (tertiary/aromatic N) is 1. The molecule has 0 spiro atoms. The van der Waals surface area contributed by atoms with Crippen LogP contribution < -0.4 is 5.32 Å². The second-order valence-electron chi connectivity index (χ2n) is 6.37. The molecule has 1 aliphatic carbocycles. The molecule has 4 nitrogen and oxygen atoms in total. The van der Waals surface area contributed by atoms with Gasteiger partial charge in [-0.05, 0) is 52.2 Å². The van der Waals surface area contributed by atoms with E-state index < -0.39 is 0 Å². The highest BCUT2D eigenvalue weighted by Gasteiger charge is 2.17. The minimum atomic E-state index is -0.379. The molecule has 0 aromatic carbocycles. The van der Waals surface area contributed by atoms with Crippen LogP contribution in [0, 0.1) is 0 Å². The fourth-order valence-electron chi connectivity index (χ4n) is 2.96. The summed E-state index contributed by atoms with van der Waals surface area (Å²) < 4.78 is 5.74. The Morgan fingerprint density at radius 3 is 2.52 bits per heavy atom. The summed E-state index contributed by atoms with van der Waals surface area (Å²) in [7, 11) is 0. The average Bonchev–Trinajstić information content (AvgIpc) is 3.01. The van der Waals surface area contributed by atoms with Crippen molar-refractivity contribution in [2.24, 2.45) is 0 Å². The van der Waals surface area contributed by atoms with Gasteiger partial charge in [0, 0.05) is 12.6 Å². The van der Waals surface area contributed by atoms with E-state index in [0.29, 0.717) is 25.3 Å². The molecule has 126 valence electrons. The summed E-state index contributed by atoms with van der Waals surface area (Å²) in [6.45, 7) is 11.2. The van der Waals surface area contributed by atoms with E-state index in [1.54, 1.807) is 0 Å². The normalized spacial score (nSPS) is 19.3. The van der Waals surface area contributed by atoms with Gasteiger partial charge in [-0.2, -0.15) is 0 Å². The number of rotatable bonds is 12. The Morgan fingerprint density at radius 2 is 1.90 bits per heavy atom. The highest BCUT2D eigenvalue weighted by Crippen LogP contribution is 2.20. The van der Waals surface area contributed by atoms with E-state index in [9.17, 15) is 5.11 Å². The molecule has 4 heteroatoms. The van der Waals surface area contributed by atoms with E-state index in [-0.39, 0.29) is 6.10 Å². The van der Waals surface area contributed by atoms with Gasteiger partial charge in [-0.25, -0.2) is 0 Å². The van der Waals surface area contributed by atoms with E-state index in [0.717, 1.165) is 19.5 Å². The number of aliphatic hydroxyl groups is 1. The maximum Gasteiger partial charge on any atom is 0.0897 e. The molecule has 2 N–H and O–H groups in total. The van der Waals surface area contributed by atoms with Gasteiger partial charge in [-0.1, -0.05) is 26.7 Å². The zero-order valence-corrected chi connectivity index (χ0v) is 14.3. The summed E-state index contributed by atoms with van der Waals surface area (Å²) in [6.07, 6.45) is 7.29. The summed E-state index contributed by atoms with van der Waals surface area (Å²) >= 11 is 0. The highest BCUT2D eigenvalue weighted by atomic mass is 16.5. The molecule has 0 aromatic heterocycles. The molecule has 1 saturated carbocycles. The fourth-order valence-corrected chi connectivity index (χ4v) is 2.96. The van der Waals surface area contributed by atoms with Crippen molar-refractivity contribution in [3.8, 4) is 0 Å². The predicted molar refractivity (Wildman–Crippen MR) is 88.7 cm³/mol. The summed E-state index contributed by atoms with van der Waals surface area (Å²) in [6, 6.07) is 0.460. The molecule has 2 atom stereocenters. The monoisotopic (exact) mass is 300 g/mol. The Morgan fingerprint density at radius 1 is 1.24 bits per heavy atom. The van der Waals surface area contributed by atoms with Crippen LogP contribution in [0.15, 0.2) is 0 Å². The number of hydrogen-bond donors (Lipinski definition) is 2. The van der Waals surface area contributed by atoms with Crippen LogP contribution in [-0.4, -0.2) is 61.0 Å². The maximum absolute atomic E-state index is 9.95. The SMILES string of the molecule is CCN(CC)CCCC(C)NCC(O)COC1CCCC1. The zero-order valence-electron chi connectivity index (χ0n) is 14.3. The van der Waals surface area contributed by atoms with Crippen molar-refractivity contribution in [1.82, 2.24) is 10.2 Å². The molecule has 21 heavy (non-hydrogen) atoms. The van der Waals surface area contributed by atoms with Gasteiger partial charge in [-0.3, -0.25) is 0 Å². The molecule has 0 saturated heterocycles. The summed E-state index contributed by atoms with van der Waals surface area (Å²) in [4.78, 5) is 2.46. The zero-order chi connectivity index (χ0) is 15.5. The van der Waals surface area contributed by atoms with E-state index >= 15 is 0 Å². The Balaban J connectivity index is 1.99. The molecular weight excluding hydrogens is 264 g/mol. The topological polar surface area (TPSA) is 44.7 Å². The lowest BCUT2D eigenvalue weighted by atomic mass is 10.1. The largest absolute Gasteiger partial charge is 0.389 e. The van der Waals surface area contributed by atoms with E-state index in [1.807, 2.05) is 0 Å². The van der Waals surface area contributed by atoms with Gasteiger partial charge in [0.1, 0.15) is 0 Å². The lowest BCUT2D eigenvalue weighted by Crippen LogP contribution is -2.37. The first-order valence-corrected chi connectivity index (χ1v) is 8.91. The van der Waals surface area contributed by atoms with Crippen molar-refractivity contribution < 1.29 is 9.84 Å². The summed E-state index contributed by atoms with van der Waals surface area (Å²) in [5.41, 5.74) is 0. The molecule has 0 bridgehead atoms. The number of hydrogen-bond acceptors (Lipinski definition) is 4. The Hall–Kier alpha value is -0.160. The first-order chi connectivity index (χ1) is 10.2. The minimum absolute atomic E-state index is 0.379. The standard InChI is InChI=1S/C17H36N2O2/c1-4-19(5-2)12-8-9-15(3)18-13-16(20)14-21-17-10-6-7-11-17/h15-18,20H,4-14H2,1-3H3. The number of nitrogens with one attached hydrogen (secondary N) is 1. The van der Waals surface area contributed by atoms with Crippen molar-refractivity contribution in [2.45, 2.75) is 77.5 Å². The average molecular weight is 300 g/mol. The van der Waals surface area contributed by atoms with Crippen LogP contribution in [0.5, 0.6) is 0 Å². The summed E-state index contributed by atoms with van der Waals surface area (Å²) in [5.74, 6) is 0. The third kappa shape index (κ3) is 8.77. The van der Waals surface area contributed by atoms with E-state index in [2.05, 4.69) is 31.0 Å². The van der Waals surface area contributed by atoms with Crippen molar-refractivity contribution in [3.05, 3.63) is 0 Å². The molecule has 0 aliphatic heterocycles. The van der Waals surface area contributed by atoms with Crippen LogP contribution in [0.1, 0.15) is 59.3 Å².